The molecule has 102 valence electrons. The molecule has 0 radical (unpaired) electrons. The summed E-state index contributed by atoms with van der Waals surface area (Å²) in [7, 11) is -3.02. The van der Waals surface area contributed by atoms with Crippen molar-refractivity contribution < 1.29 is 8.42 Å². The number of rotatable bonds is 6. The first-order valence-electron chi connectivity index (χ1n) is 5.39. The van der Waals surface area contributed by atoms with Crippen LogP contribution in [0.2, 0.25) is 0 Å². The maximum absolute atomic E-state index is 11.3. The van der Waals surface area contributed by atoms with Crippen LogP contribution in [-0.2, 0) is 15.3 Å². The first kappa shape index (κ1) is 16.3. The second kappa shape index (κ2) is 6.60. The molecule has 1 aromatic rings. The molecule has 0 unspecified atom stereocenters. The lowest BCUT2D eigenvalue weighted by atomic mass is 9.82. The minimum atomic E-state index is -3.02. The second-order valence-electron chi connectivity index (χ2n) is 4.44. The van der Waals surface area contributed by atoms with Gasteiger partial charge in [0.1, 0.15) is 9.84 Å². The highest BCUT2D eigenvalue weighted by atomic mass is 79.9. The fraction of sp³-hybridized carbons (Fsp3) is 0.500. The summed E-state index contributed by atoms with van der Waals surface area (Å²) in [6.45, 7) is 0. The lowest BCUT2D eigenvalue weighted by Gasteiger charge is -2.30. The second-order valence-corrected chi connectivity index (χ2v) is 8.15. The van der Waals surface area contributed by atoms with Crippen molar-refractivity contribution in [3.05, 3.63) is 34.3 Å². The average molecular weight is 374 g/mol. The van der Waals surface area contributed by atoms with Gasteiger partial charge in [0.25, 0.3) is 0 Å². The molecular weight excluding hydrogens is 359 g/mol. The summed E-state index contributed by atoms with van der Waals surface area (Å²) in [6.07, 6.45) is 1.65. The molecule has 0 saturated heterocycles. The van der Waals surface area contributed by atoms with Crippen LogP contribution in [0.25, 0.3) is 0 Å². The first-order chi connectivity index (χ1) is 8.33. The highest BCUT2D eigenvalue weighted by Gasteiger charge is 2.31. The summed E-state index contributed by atoms with van der Waals surface area (Å²) in [5.41, 5.74) is 0.459. The number of benzene rings is 1. The number of hydrogen-bond donors (Lipinski definition) is 0. The van der Waals surface area contributed by atoms with E-state index in [9.17, 15) is 8.42 Å². The summed E-state index contributed by atoms with van der Waals surface area (Å²) in [6, 6.07) is 7.67. The Bertz CT molecular complexity index is 499. The van der Waals surface area contributed by atoms with Gasteiger partial charge < -0.3 is 0 Å². The van der Waals surface area contributed by atoms with E-state index < -0.39 is 15.3 Å². The van der Waals surface area contributed by atoms with Crippen molar-refractivity contribution in [2.45, 2.75) is 11.8 Å². The molecule has 0 aliphatic rings. The Balaban J connectivity index is 3.07. The molecule has 0 fully saturated rings. The molecule has 0 spiro atoms. The van der Waals surface area contributed by atoms with Gasteiger partial charge in [-0.25, -0.2) is 8.42 Å². The van der Waals surface area contributed by atoms with Crippen molar-refractivity contribution in [3.63, 3.8) is 0 Å². The fourth-order valence-corrected chi connectivity index (χ4v) is 3.69. The molecule has 0 amide bonds. The molecule has 2 nitrogen and oxygen atoms in total. The van der Waals surface area contributed by atoms with E-state index in [0.717, 1.165) is 10.0 Å². The molecule has 6 heteroatoms. The number of sulfone groups is 1. The summed E-state index contributed by atoms with van der Waals surface area (Å²) in [5, 5.41) is 0. The Kier molecular flexibility index (Phi) is 5.97. The molecule has 0 bridgehead atoms. The van der Waals surface area contributed by atoms with Crippen LogP contribution in [0.15, 0.2) is 28.7 Å². The van der Waals surface area contributed by atoms with Crippen molar-refractivity contribution in [2.75, 3.05) is 23.8 Å². The van der Waals surface area contributed by atoms with Crippen molar-refractivity contribution in [2.24, 2.45) is 0 Å². The van der Waals surface area contributed by atoms with Gasteiger partial charge in [0.05, 0.1) is 5.75 Å². The SMILES string of the molecule is CS(=O)(=O)CCC(CCl)(CCl)c1cccc(Br)c1. The van der Waals surface area contributed by atoms with Crippen LogP contribution in [0.5, 0.6) is 0 Å². The summed E-state index contributed by atoms with van der Waals surface area (Å²) < 4.78 is 23.6. The Morgan fingerprint density at radius 2 is 1.89 bits per heavy atom. The third-order valence-electron chi connectivity index (χ3n) is 2.90. The van der Waals surface area contributed by atoms with E-state index in [4.69, 9.17) is 23.2 Å². The van der Waals surface area contributed by atoms with Crippen LogP contribution in [0.1, 0.15) is 12.0 Å². The lowest BCUT2D eigenvalue weighted by Crippen LogP contribution is -2.33. The maximum Gasteiger partial charge on any atom is 0.147 e. The van der Waals surface area contributed by atoms with Crippen molar-refractivity contribution in [3.8, 4) is 0 Å². The molecule has 1 aromatic carbocycles. The third kappa shape index (κ3) is 4.41. The van der Waals surface area contributed by atoms with Crippen LogP contribution in [0.4, 0.5) is 0 Å². The molecule has 1 rings (SSSR count). The van der Waals surface area contributed by atoms with Crippen LogP contribution in [-0.4, -0.2) is 32.2 Å². The molecule has 0 atom stereocenters. The van der Waals surface area contributed by atoms with Crippen LogP contribution < -0.4 is 0 Å². The van der Waals surface area contributed by atoms with Crippen LogP contribution in [0, 0.1) is 0 Å². The topological polar surface area (TPSA) is 34.1 Å². The Hall–Kier alpha value is 0.230. The van der Waals surface area contributed by atoms with Gasteiger partial charge in [-0.3, -0.25) is 0 Å². The van der Waals surface area contributed by atoms with Gasteiger partial charge in [-0.2, -0.15) is 0 Å². The smallest absolute Gasteiger partial charge is 0.147 e. The number of hydrogen-bond acceptors (Lipinski definition) is 2. The lowest BCUT2D eigenvalue weighted by molar-refractivity contribution is 0.512. The predicted molar refractivity (Wildman–Crippen MR) is 81.6 cm³/mol. The minimum Gasteiger partial charge on any atom is -0.229 e. The van der Waals surface area contributed by atoms with E-state index in [1.54, 1.807) is 0 Å². The molecular formula is C12H15BrCl2O2S. The van der Waals surface area contributed by atoms with Gasteiger partial charge in [-0.1, -0.05) is 28.1 Å². The van der Waals surface area contributed by atoms with Gasteiger partial charge in [0.15, 0.2) is 0 Å². The summed E-state index contributed by atoms with van der Waals surface area (Å²) >= 11 is 15.5. The van der Waals surface area contributed by atoms with Crippen molar-refractivity contribution in [1.29, 1.82) is 0 Å². The van der Waals surface area contributed by atoms with E-state index in [1.807, 2.05) is 24.3 Å². The Morgan fingerprint density at radius 1 is 1.28 bits per heavy atom. The third-order valence-corrected chi connectivity index (χ3v) is 5.36. The standard InChI is InChI=1S/C12H15BrCl2O2S/c1-18(16,17)6-5-12(8-14,9-15)10-3-2-4-11(13)7-10/h2-4,7H,5-6,8-9H2,1H3. The fourth-order valence-electron chi connectivity index (χ4n) is 1.67. The molecule has 0 aromatic heterocycles. The molecule has 18 heavy (non-hydrogen) atoms. The highest BCUT2D eigenvalue weighted by molar-refractivity contribution is 9.10. The van der Waals surface area contributed by atoms with E-state index in [1.165, 1.54) is 6.26 Å². The van der Waals surface area contributed by atoms with Gasteiger partial charge in [0, 0.05) is 27.9 Å². The van der Waals surface area contributed by atoms with E-state index in [-0.39, 0.29) is 5.75 Å². The molecule has 0 N–H and O–H groups in total. The van der Waals surface area contributed by atoms with Crippen molar-refractivity contribution in [1.82, 2.24) is 0 Å². The van der Waals surface area contributed by atoms with Crippen LogP contribution in [0.3, 0.4) is 0 Å². The molecule has 0 aliphatic carbocycles. The zero-order valence-corrected chi connectivity index (χ0v) is 13.9. The highest BCUT2D eigenvalue weighted by Crippen LogP contribution is 2.33. The Labute approximate surface area is 127 Å². The first-order valence-corrected chi connectivity index (χ1v) is 9.31. The van der Waals surface area contributed by atoms with Gasteiger partial charge in [0.2, 0.25) is 0 Å². The normalized spacial score (nSPS) is 12.7. The van der Waals surface area contributed by atoms with Gasteiger partial charge >= 0.3 is 0 Å². The average Bonchev–Trinajstić information content (AvgIpc) is 2.30. The van der Waals surface area contributed by atoms with E-state index in [2.05, 4.69) is 15.9 Å². The van der Waals surface area contributed by atoms with Crippen LogP contribution >= 0.6 is 39.1 Å². The molecule has 0 aliphatic heterocycles. The Morgan fingerprint density at radius 3 is 2.33 bits per heavy atom. The zero-order chi connectivity index (χ0) is 13.8. The van der Waals surface area contributed by atoms with Gasteiger partial charge in [-0.15, -0.1) is 23.2 Å². The molecule has 0 saturated carbocycles. The monoisotopic (exact) mass is 372 g/mol. The molecule has 0 heterocycles. The summed E-state index contributed by atoms with van der Waals surface area (Å²) in [5.74, 6) is 0.671. The zero-order valence-electron chi connectivity index (χ0n) is 10.00. The largest absolute Gasteiger partial charge is 0.229 e. The number of alkyl halides is 2. The van der Waals surface area contributed by atoms with E-state index in [0.29, 0.717) is 18.2 Å². The quantitative estimate of drug-likeness (QED) is 0.714. The van der Waals surface area contributed by atoms with Gasteiger partial charge in [-0.05, 0) is 24.1 Å². The maximum atomic E-state index is 11.3. The minimum absolute atomic E-state index is 0.0823. The predicted octanol–water partition coefficient (Wildman–Crippen LogP) is 3.60. The van der Waals surface area contributed by atoms with Crippen molar-refractivity contribution >= 4 is 49.0 Å². The number of halogens is 3. The summed E-state index contributed by atoms with van der Waals surface area (Å²) in [4.78, 5) is 0. The van der Waals surface area contributed by atoms with E-state index >= 15 is 0 Å².